The van der Waals surface area contributed by atoms with Gasteiger partial charge in [-0.25, -0.2) is 0 Å². The third kappa shape index (κ3) is 3.91. The number of carbonyl (C=O) groups is 1. The van der Waals surface area contributed by atoms with Crippen molar-refractivity contribution >= 4 is 5.91 Å². The molecule has 0 aliphatic heterocycles. The van der Waals surface area contributed by atoms with Gasteiger partial charge in [-0.1, -0.05) is 13.3 Å². The first-order valence-electron chi connectivity index (χ1n) is 3.62. The molecule has 0 aromatic heterocycles. The molecule has 1 amide bonds. The lowest BCUT2D eigenvalue weighted by molar-refractivity contribution is -0.141. The summed E-state index contributed by atoms with van der Waals surface area (Å²) in [5.41, 5.74) is 0. The van der Waals surface area contributed by atoms with Crippen molar-refractivity contribution in [2.75, 3.05) is 13.6 Å². The van der Waals surface area contributed by atoms with E-state index in [0.717, 1.165) is 17.7 Å². The Morgan fingerprint density at radius 1 is 1.55 bits per heavy atom. The van der Waals surface area contributed by atoms with E-state index in [4.69, 9.17) is 0 Å². The van der Waals surface area contributed by atoms with E-state index in [1.54, 1.807) is 0 Å². The van der Waals surface area contributed by atoms with Crippen LogP contribution < -0.4 is 0 Å². The van der Waals surface area contributed by atoms with Crippen molar-refractivity contribution in [3.8, 4) is 0 Å². The van der Waals surface area contributed by atoms with Gasteiger partial charge in [0.05, 0.1) is 0 Å². The topological polar surface area (TPSA) is 20.3 Å². The fourth-order valence-electron chi connectivity index (χ4n) is 0.672. The number of hydrogen-bond donors (Lipinski definition) is 0. The van der Waals surface area contributed by atoms with Gasteiger partial charge in [0.15, 0.2) is 0 Å². The molecule has 0 N–H and O–H groups in total. The lowest BCUT2D eigenvalue weighted by Gasteiger charge is -2.15. The van der Waals surface area contributed by atoms with Crippen LogP contribution in [0.25, 0.3) is 0 Å². The second-order valence-electron chi connectivity index (χ2n) is 2.41. The Bertz CT molecular complexity index is 128. The number of alkyl halides is 2. The van der Waals surface area contributed by atoms with Crippen LogP contribution in [0.2, 0.25) is 0 Å². The van der Waals surface area contributed by atoms with Crippen molar-refractivity contribution in [3.05, 3.63) is 0 Å². The van der Waals surface area contributed by atoms with Crippen molar-refractivity contribution < 1.29 is 13.6 Å². The summed E-state index contributed by atoms with van der Waals surface area (Å²) in [6, 6.07) is 0. The van der Waals surface area contributed by atoms with Gasteiger partial charge in [-0.15, -0.1) is 0 Å². The molecule has 0 bridgehead atoms. The fraction of sp³-hybridized carbons (Fsp3) is 0.857. The average molecular weight is 165 g/mol. The number of hydrogen-bond acceptors (Lipinski definition) is 1. The maximum atomic E-state index is 11.7. The van der Waals surface area contributed by atoms with Gasteiger partial charge in [-0.2, -0.15) is 8.78 Å². The van der Waals surface area contributed by atoms with Crippen LogP contribution in [0, 0.1) is 0 Å². The Labute approximate surface area is 65.2 Å². The van der Waals surface area contributed by atoms with E-state index in [1.165, 1.54) is 7.05 Å². The zero-order valence-corrected chi connectivity index (χ0v) is 6.81. The predicted molar refractivity (Wildman–Crippen MR) is 38.5 cm³/mol. The Kier molecular flexibility index (Phi) is 4.74. The van der Waals surface area contributed by atoms with Gasteiger partial charge in [0, 0.05) is 13.6 Å². The first-order chi connectivity index (χ1) is 5.09. The molecule has 11 heavy (non-hydrogen) atoms. The number of nitrogens with zero attached hydrogens (tertiary/aromatic N) is 1. The van der Waals surface area contributed by atoms with Crippen molar-refractivity contribution in [2.24, 2.45) is 0 Å². The molecule has 0 fully saturated rings. The molecule has 66 valence electrons. The minimum absolute atomic E-state index is 0.416. The highest BCUT2D eigenvalue weighted by Gasteiger charge is 2.18. The van der Waals surface area contributed by atoms with Gasteiger partial charge in [-0.05, 0) is 6.42 Å². The monoisotopic (exact) mass is 165 g/mol. The lowest BCUT2D eigenvalue weighted by Crippen LogP contribution is -2.32. The quantitative estimate of drug-likeness (QED) is 0.618. The van der Waals surface area contributed by atoms with Gasteiger partial charge in [0.2, 0.25) is 0 Å². The van der Waals surface area contributed by atoms with Gasteiger partial charge in [0.25, 0.3) is 5.91 Å². The largest absolute Gasteiger partial charge is 0.341 e. The van der Waals surface area contributed by atoms with E-state index in [1.807, 2.05) is 6.92 Å². The molecule has 0 rings (SSSR count). The number of rotatable bonds is 4. The van der Waals surface area contributed by atoms with Crippen molar-refractivity contribution in [3.63, 3.8) is 0 Å². The van der Waals surface area contributed by atoms with Crippen molar-refractivity contribution in [1.29, 1.82) is 0 Å². The Balaban J connectivity index is 3.64. The van der Waals surface area contributed by atoms with Gasteiger partial charge < -0.3 is 4.90 Å². The maximum Gasteiger partial charge on any atom is 0.315 e. The first kappa shape index (κ1) is 10.3. The van der Waals surface area contributed by atoms with Crippen molar-refractivity contribution in [1.82, 2.24) is 4.90 Å². The van der Waals surface area contributed by atoms with Crippen LogP contribution in [0.5, 0.6) is 0 Å². The van der Waals surface area contributed by atoms with Gasteiger partial charge in [0.1, 0.15) is 0 Å². The standard InChI is InChI=1S/C7H13F2NO/c1-3-4-5-10(2)7(11)6(8)9/h6H,3-5H2,1-2H3. The predicted octanol–water partition coefficient (Wildman–Crippen LogP) is 1.51. The highest BCUT2D eigenvalue weighted by molar-refractivity contribution is 5.78. The van der Waals surface area contributed by atoms with Gasteiger partial charge >= 0.3 is 6.43 Å². The number of carbonyl (C=O) groups excluding carboxylic acids is 1. The molecular weight excluding hydrogens is 152 g/mol. The summed E-state index contributed by atoms with van der Waals surface area (Å²) in [5, 5.41) is 0. The summed E-state index contributed by atoms with van der Waals surface area (Å²) in [7, 11) is 1.39. The molecule has 0 saturated heterocycles. The third-order valence-corrected chi connectivity index (χ3v) is 1.41. The van der Waals surface area contributed by atoms with E-state index in [9.17, 15) is 13.6 Å². The highest BCUT2D eigenvalue weighted by atomic mass is 19.3. The SMILES string of the molecule is CCCCN(C)C(=O)C(F)F. The molecule has 0 aliphatic rings. The molecular formula is C7H13F2NO. The molecule has 0 saturated carbocycles. The summed E-state index contributed by atoms with van der Waals surface area (Å²) in [6.45, 7) is 2.36. The average Bonchev–Trinajstić information content (AvgIpc) is 1.98. The molecule has 0 spiro atoms. The summed E-state index contributed by atoms with van der Waals surface area (Å²) >= 11 is 0. The van der Waals surface area contributed by atoms with E-state index < -0.39 is 12.3 Å². The Morgan fingerprint density at radius 3 is 2.45 bits per heavy atom. The van der Waals surface area contributed by atoms with Crippen LogP contribution in [-0.4, -0.2) is 30.8 Å². The number of halogens is 2. The molecule has 0 radical (unpaired) electrons. The van der Waals surface area contributed by atoms with E-state index in [2.05, 4.69) is 0 Å². The molecule has 4 heteroatoms. The molecule has 0 aromatic carbocycles. The van der Waals surface area contributed by atoms with Crippen LogP contribution in [0.1, 0.15) is 19.8 Å². The summed E-state index contributed by atoms with van der Waals surface area (Å²) in [6.07, 6.45) is -1.19. The molecule has 0 unspecified atom stereocenters. The minimum atomic E-state index is -2.86. The van der Waals surface area contributed by atoms with E-state index in [0.29, 0.717) is 6.54 Å². The van der Waals surface area contributed by atoms with E-state index in [-0.39, 0.29) is 0 Å². The number of amides is 1. The maximum absolute atomic E-state index is 11.7. The van der Waals surface area contributed by atoms with Crippen LogP contribution in [0.3, 0.4) is 0 Å². The zero-order valence-electron chi connectivity index (χ0n) is 6.81. The molecule has 0 aliphatic carbocycles. The first-order valence-corrected chi connectivity index (χ1v) is 3.62. The second kappa shape index (κ2) is 5.04. The summed E-state index contributed by atoms with van der Waals surface area (Å²) in [4.78, 5) is 11.6. The summed E-state index contributed by atoms with van der Waals surface area (Å²) in [5.74, 6) is -1.08. The van der Waals surface area contributed by atoms with Crippen LogP contribution in [0.15, 0.2) is 0 Å². The Morgan fingerprint density at radius 2 is 2.09 bits per heavy atom. The van der Waals surface area contributed by atoms with Gasteiger partial charge in [-0.3, -0.25) is 4.79 Å². The number of unbranched alkanes of at least 4 members (excludes halogenated alkanes) is 1. The van der Waals surface area contributed by atoms with Crippen molar-refractivity contribution in [2.45, 2.75) is 26.2 Å². The highest BCUT2D eigenvalue weighted by Crippen LogP contribution is 2.00. The molecule has 0 atom stereocenters. The second-order valence-corrected chi connectivity index (χ2v) is 2.41. The molecule has 2 nitrogen and oxygen atoms in total. The minimum Gasteiger partial charge on any atom is -0.341 e. The van der Waals surface area contributed by atoms with Crippen LogP contribution in [-0.2, 0) is 4.79 Å². The zero-order chi connectivity index (χ0) is 8.85. The third-order valence-electron chi connectivity index (χ3n) is 1.41. The molecule has 0 heterocycles. The lowest BCUT2D eigenvalue weighted by atomic mass is 10.3. The van der Waals surface area contributed by atoms with Crippen LogP contribution >= 0.6 is 0 Å². The van der Waals surface area contributed by atoms with Crippen LogP contribution in [0.4, 0.5) is 8.78 Å². The fourth-order valence-corrected chi connectivity index (χ4v) is 0.672. The smallest absolute Gasteiger partial charge is 0.315 e. The normalized spacial score (nSPS) is 10.3. The molecule has 0 aromatic rings. The Hall–Kier alpha value is -0.670. The summed E-state index contributed by atoms with van der Waals surface area (Å²) < 4.78 is 23.4. The van der Waals surface area contributed by atoms with E-state index >= 15 is 0 Å².